The highest BCUT2D eigenvalue weighted by Crippen LogP contribution is 2.31. The number of fused-ring (bicyclic) bond motifs is 1. The van der Waals surface area contributed by atoms with E-state index in [0.717, 1.165) is 30.2 Å². The van der Waals surface area contributed by atoms with Gasteiger partial charge in [-0.2, -0.15) is 0 Å². The molecule has 0 unspecified atom stereocenters. The molecule has 0 saturated carbocycles. The largest absolute Gasteiger partial charge is 0.486 e. The van der Waals surface area contributed by atoms with Crippen molar-refractivity contribution in [3.05, 3.63) is 59.2 Å². The quantitative estimate of drug-likeness (QED) is 0.765. The summed E-state index contributed by atoms with van der Waals surface area (Å²) in [5, 5.41) is 8.88. The second-order valence-corrected chi connectivity index (χ2v) is 7.19. The van der Waals surface area contributed by atoms with Crippen molar-refractivity contribution in [1.29, 1.82) is 0 Å². The van der Waals surface area contributed by atoms with Crippen molar-refractivity contribution in [3.8, 4) is 11.5 Å². The van der Waals surface area contributed by atoms with Crippen molar-refractivity contribution < 1.29 is 19.4 Å². The molecule has 144 valence electrons. The van der Waals surface area contributed by atoms with Gasteiger partial charge in [-0.1, -0.05) is 30.3 Å². The van der Waals surface area contributed by atoms with Crippen molar-refractivity contribution in [2.24, 2.45) is 0 Å². The predicted octanol–water partition coefficient (Wildman–Crippen LogP) is 3.89. The van der Waals surface area contributed by atoms with Crippen molar-refractivity contribution >= 4 is 5.97 Å². The number of aliphatic carboxylic acids is 1. The molecule has 0 atom stereocenters. The molecule has 0 radical (unpaired) electrons. The van der Waals surface area contributed by atoms with Gasteiger partial charge in [-0.05, 0) is 49.1 Å². The van der Waals surface area contributed by atoms with E-state index in [-0.39, 0.29) is 6.42 Å². The van der Waals surface area contributed by atoms with E-state index in [1.165, 1.54) is 11.1 Å². The first kappa shape index (κ1) is 19.2. The molecule has 3 rings (SSSR count). The van der Waals surface area contributed by atoms with E-state index < -0.39 is 5.97 Å². The van der Waals surface area contributed by atoms with E-state index in [1.54, 1.807) is 0 Å². The van der Waals surface area contributed by atoms with Gasteiger partial charge in [0.15, 0.2) is 11.5 Å². The Kier molecular flexibility index (Phi) is 6.35. The van der Waals surface area contributed by atoms with Gasteiger partial charge in [0.05, 0.1) is 0 Å². The lowest BCUT2D eigenvalue weighted by molar-refractivity contribution is -0.136. The number of hydrogen-bond acceptors (Lipinski definition) is 4. The number of carboxylic acid groups (broad SMARTS) is 1. The highest BCUT2D eigenvalue weighted by atomic mass is 16.6. The highest BCUT2D eigenvalue weighted by Gasteiger charge is 2.15. The van der Waals surface area contributed by atoms with Gasteiger partial charge in [0, 0.05) is 25.6 Å². The molecule has 5 heteroatoms. The Morgan fingerprint density at radius 2 is 1.67 bits per heavy atom. The first-order valence-corrected chi connectivity index (χ1v) is 9.43. The minimum atomic E-state index is -0.761. The maximum atomic E-state index is 10.8. The number of hydrogen-bond donors (Lipinski definition) is 1. The van der Waals surface area contributed by atoms with Crippen LogP contribution in [0, 0.1) is 0 Å². The maximum absolute atomic E-state index is 10.8. The number of carboxylic acids is 1. The van der Waals surface area contributed by atoms with Crippen LogP contribution in [0.5, 0.6) is 11.5 Å². The Morgan fingerprint density at radius 1 is 1.00 bits per heavy atom. The van der Waals surface area contributed by atoms with Crippen molar-refractivity contribution in [2.45, 2.75) is 45.8 Å². The van der Waals surface area contributed by atoms with Crippen LogP contribution in [-0.4, -0.2) is 35.2 Å². The molecule has 1 N–H and O–H groups in total. The van der Waals surface area contributed by atoms with Crippen LogP contribution < -0.4 is 9.47 Å². The third kappa shape index (κ3) is 5.47. The van der Waals surface area contributed by atoms with Crippen LogP contribution in [0.2, 0.25) is 0 Å². The zero-order valence-corrected chi connectivity index (χ0v) is 16.0. The molecule has 27 heavy (non-hydrogen) atoms. The van der Waals surface area contributed by atoms with Gasteiger partial charge in [-0.3, -0.25) is 9.69 Å². The fourth-order valence-corrected chi connectivity index (χ4v) is 3.21. The molecule has 0 aliphatic carbocycles. The SMILES string of the molecule is CC(C)N(Cc1cccc(CCC(=O)O)c1)Cc1ccc2c(c1)OCCO2. The van der Waals surface area contributed by atoms with E-state index in [1.807, 2.05) is 18.2 Å². The summed E-state index contributed by atoms with van der Waals surface area (Å²) in [6, 6.07) is 14.7. The molecule has 0 amide bonds. The molecule has 0 spiro atoms. The summed E-state index contributed by atoms with van der Waals surface area (Å²) in [7, 11) is 0. The first-order valence-electron chi connectivity index (χ1n) is 9.43. The van der Waals surface area contributed by atoms with Gasteiger partial charge in [0.1, 0.15) is 13.2 Å². The average Bonchev–Trinajstić information content (AvgIpc) is 2.66. The molecule has 1 aliphatic heterocycles. The molecule has 1 heterocycles. The number of benzene rings is 2. The van der Waals surface area contributed by atoms with Crippen LogP contribution in [-0.2, 0) is 24.3 Å². The standard InChI is InChI=1S/C22H27NO4/c1-16(2)23(14-18-5-3-4-17(12-18)7-9-22(24)25)15-19-6-8-20-21(13-19)27-11-10-26-20/h3-6,8,12-13,16H,7,9-11,14-15H2,1-2H3,(H,24,25). The smallest absolute Gasteiger partial charge is 0.303 e. The van der Waals surface area contributed by atoms with Crippen LogP contribution in [0.25, 0.3) is 0 Å². The lowest BCUT2D eigenvalue weighted by atomic mass is 10.1. The Hall–Kier alpha value is -2.53. The number of aryl methyl sites for hydroxylation is 1. The lowest BCUT2D eigenvalue weighted by Crippen LogP contribution is -2.30. The molecule has 5 nitrogen and oxygen atoms in total. The summed E-state index contributed by atoms with van der Waals surface area (Å²) in [5.41, 5.74) is 3.46. The number of nitrogens with zero attached hydrogens (tertiary/aromatic N) is 1. The molecule has 0 fully saturated rings. The Morgan fingerprint density at radius 3 is 2.37 bits per heavy atom. The van der Waals surface area contributed by atoms with Gasteiger partial charge in [0.2, 0.25) is 0 Å². The van der Waals surface area contributed by atoms with E-state index in [4.69, 9.17) is 14.6 Å². The Bertz CT molecular complexity index is 788. The molecule has 0 bridgehead atoms. The predicted molar refractivity (Wildman–Crippen MR) is 104 cm³/mol. The van der Waals surface area contributed by atoms with Crippen LogP contribution in [0.15, 0.2) is 42.5 Å². The van der Waals surface area contributed by atoms with Crippen LogP contribution in [0.4, 0.5) is 0 Å². The van der Waals surface area contributed by atoms with Crippen molar-refractivity contribution in [2.75, 3.05) is 13.2 Å². The van der Waals surface area contributed by atoms with E-state index in [2.05, 4.69) is 43.0 Å². The Balaban J connectivity index is 1.69. The molecule has 2 aromatic carbocycles. The summed E-state index contributed by atoms with van der Waals surface area (Å²) in [4.78, 5) is 13.2. The second kappa shape index (κ2) is 8.91. The van der Waals surface area contributed by atoms with Gasteiger partial charge >= 0.3 is 5.97 Å². The average molecular weight is 369 g/mol. The molecular weight excluding hydrogens is 342 g/mol. The highest BCUT2D eigenvalue weighted by molar-refractivity contribution is 5.67. The minimum absolute atomic E-state index is 0.161. The fraction of sp³-hybridized carbons (Fsp3) is 0.409. The van der Waals surface area contributed by atoms with Crippen LogP contribution in [0.1, 0.15) is 37.0 Å². The maximum Gasteiger partial charge on any atom is 0.303 e. The van der Waals surface area contributed by atoms with E-state index >= 15 is 0 Å². The number of carbonyl (C=O) groups is 1. The molecule has 0 saturated heterocycles. The zero-order valence-electron chi connectivity index (χ0n) is 16.0. The van der Waals surface area contributed by atoms with Gasteiger partial charge in [-0.15, -0.1) is 0 Å². The van der Waals surface area contributed by atoms with Crippen molar-refractivity contribution in [1.82, 2.24) is 4.90 Å². The Labute approximate surface area is 160 Å². The van der Waals surface area contributed by atoms with E-state index in [0.29, 0.717) is 25.7 Å². The topological polar surface area (TPSA) is 59.0 Å². The molecule has 1 aliphatic rings. The molecule has 0 aromatic heterocycles. The first-order chi connectivity index (χ1) is 13.0. The van der Waals surface area contributed by atoms with Gasteiger partial charge in [-0.25, -0.2) is 0 Å². The number of rotatable bonds is 8. The zero-order chi connectivity index (χ0) is 19.2. The number of ether oxygens (including phenoxy) is 2. The summed E-state index contributed by atoms with van der Waals surface area (Å²) >= 11 is 0. The summed E-state index contributed by atoms with van der Waals surface area (Å²) in [6.45, 7) is 7.19. The minimum Gasteiger partial charge on any atom is -0.486 e. The van der Waals surface area contributed by atoms with Gasteiger partial charge < -0.3 is 14.6 Å². The van der Waals surface area contributed by atoms with Crippen molar-refractivity contribution in [3.63, 3.8) is 0 Å². The molecule has 2 aromatic rings. The third-order valence-corrected chi connectivity index (χ3v) is 4.73. The molecular formula is C22H27NO4. The normalized spacial score (nSPS) is 13.2. The van der Waals surface area contributed by atoms with Crippen LogP contribution in [0.3, 0.4) is 0 Å². The fourth-order valence-electron chi connectivity index (χ4n) is 3.21. The summed E-state index contributed by atoms with van der Waals surface area (Å²) < 4.78 is 11.3. The third-order valence-electron chi connectivity index (χ3n) is 4.73. The second-order valence-electron chi connectivity index (χ2n) is 7.19. The van der Waals surface area contributed by atoms with Crippen LogP contribution >= 0.6 is 0 Å². The summed E-state index contributed by atoms with van der Waals surface area (Å²) in [5.74, 6) is 0.869. The summed E-state index contributed by atoms with van der Waals surface area (Å²) in [6.07, 6.45) is 0.724. The van der Waals surface area contributed by atoms with E-state index in [9.17, 15) is 4.79 Å². The lowest BCUT2D eigenvalue weighted by Gasteiger charge is -2.27. The monoisotopic (exact) mass is 369 g/mol. The van der Waals surface area contributed by atoms with Gasteiger partial charge in [0.25, 0.3) is 0 Å².